The Balaban J connectivity index is 1.72. The molecule has 0 radical (unpaired) electrons. The van der Waals surface area contributed by atoms with Gasteiger partial charge in [0, 0.05) is 6.54 Å². The highest BCUT2D eigenvalue weighted by molar-refractivity contribution is 7.88. The third-order valence-corrected chi connectivity index (χ3v) is 5.47. The predicted molar refractivity (Wildman–Crippen MR) is 80.8 cm³/mol. The molecule has 0 saturated carbocycles. The van der Waals surface area contributed by atoms with Crippen molar-refractivity contribution in [2.75, 3.05) is 18.1 Å². The van der Waals surface area contributed by atoms with Crippen molar-refractivity contribution in [3.8, 4) is 10.8 Å². The molecule has 0 spiro atoms. The second-order valence-electron chi connectivity index (χ2n) is 4.91. The van der Waals surface area contributed by atoms with E-state index in [0.717, 1.165) is 11.1 Å². The number of nitrogens with one attached hydrogen (secondary N) is 1. The van der Waals surface area contributed by atoms with Gasteiger partial charge < -0.3 is 4.42 Å². The lowest BCUT2D eigenvalue weighted by Crippen LogP contribution is -2.42. The summed E-state index contributed by atoms with van der Waals surface area (Å²) in [4.78, 5) is 13.0. The molecule has 0 bridgehead atoms. The Morgan fingerprint density at radius 1 is 1.50 bits per heavy atom. The van der Waals surface area contributed by atoms with Crippen LogP contribution < -0.4 is 5.32 Å². The summed E-state index contributed by atoms with van der Waals surface area (Å²) in [5, 5.41) is 12.0. The molecule has 1 atom stereocenters. The van der Waals surface area contributed by atoms with Crippen LogP contribution in [0, 0.1) is 0 Å². The Kier molecular flexibility index (Phi) is 3.98. The van der Waals surface area contributed by atoms with Crippen LogP contribution in [0.1, 0.15) is 12.8 Å². The smallest absolute Gasteiger partial charge is 0.322 e. The van der Waals surface area contributed by atoms with E-state index >= 15 is 0 Å². The molecule has 3 heterocycles. The fourth-order valence-electron chi connectivity index (χ4n) is 2.36. The van der Waals surface area contributed by atoms with Crippen LogP contribution in [0.25, 0.3) is 10.8 Å². The molecule has 118 valence electrons. The third-order valence-electron chi connectivity index (χ3n) is 3.32. The molecular weight excluding hydrogens is 328 g/mol. The zero-order valence-electron chi connectivity index (χ0n) is 11.7. The SMILES string of the molecule is CS(=O)(=O)N1CCCC1C(=O)Nc1nnc(-c2cccs2)o1. The van der Waals surface area contributed by atoms with Gasteiger partial charge in [-0.15, -0.1) is 16.4 Å². The summed E-state index contributed by atoms with van der Waals surface area (Å²) >= 11 is 1.44. The molecule has 3 rings (SSSR count). The summed E-state index contributed by atoms with van der Waals surface area (Å²) in [5.74, 6) is -0.138. The van der Waals surface area contributed by atoms with Gasteiger partial charge in [0.25, 0.3) is 5.89 Å². The van der Waals surface area contributed by atoms with Crippen molar-refractivity contribution in [2.24, 2.45) is 0 Å². The van der Waals surface area contributed by atoms with Gasteiger partial charge in [-0.2, -0.15) is 4.31 Å². The molecule has 1 fully saturated rings. The van der Waals surface area contributed by atoms with E-state index in [1.807, 2.05) is 17.5 Å². The maximum absolute atomic E-state index is 12.2. The summed E-state index contributed by atoms with van der Waals surface area (Å²) < 4.78 is 29.9. The number of sulfonamides is 1. The summed E-state index contributed by atoms with van der Waals surface area (Å²) in [6, 6.07) is 2.91. The third kappa shape index (κ3) is 3.03. The van der Waals surface area contributed by atoms with Gasteiger partial charge in [-0.1, -0.05) is 11.2 Å². The topological polar surface area (TPSA) is 105 Å². The highest BCUT2D eigenvalue weighted by Crippen LogP contribution is 2.25. The molecule has 1 aliphatic rings. The van der Waals surface area contributed by atoms with Crippen molar-refractivity contribution in [3.05, 3.63) is 17.5 Å². The summed E-state index contributed by atoms with van der Waals surface area (Å²) in [5.41, 5.74) is 0. The Hall–Kier alpha value is -1.78. The number of anilines is 1. The van der Waals surface area contributed by atoms with Gasteiger partial charge in [0.05, 0.1) is 11.1 Å². The van der Waals surface area contributed by atoms with E-state index in [2.05, 4.69) is 15.5 Å². The van der Waals surface area contributed by atoms with E-state index < -0.39 is 22.0 Å². The minimum Gasteiger partial charge on any atom is -0.402 e. The number of rotatable bonds is 4. The predicted octanol–water partition coefficient (Wildman–Crippen LogP) is 1.16. The van der Waals surface area contributed by atoms with Gasteiger partial charge in [-0.25, -0.2) is 8.42 Å². The van der Waals surface area contributed by atoms with Crippen LogP contribution in [0.15, 0.2) is 21.9 Å². The number of carbonyl (C=O) groups excluding carboxylic acids is 1. The number of carbonyl (C=O) groups is 1. The number of hydrogen-bond acceptors (Lipinski definition) is 7. The molecule has 0 aromatic carbocycles. The first-order valence-corrected chi connectivity index (χ1v) is 9.33. The minimum atomic E-state index is -3.41. The van der Waals surface area contributed by atoms with Crippen LogP contribution in [0.2, 0.25) is 0 Å². The average molecular weight is 342 g/mol. The molecule has 2 aromatic heterocycles. The molecule has 1 aliphatic heterocycles. The van der Waals surface area contributed by atoms with Crippen LogP contribution in [0.4, 0.5) is 6.01 Å². The van der Waals surface area contributed by atoms with Gasteiger partial charge in [-0.05, 0) is 24.3 Å². The molecule has 1 N–H and O–H groups in total. The number of hydrogen-bond donors (Lipinski definition) is 1. The van der Waals surface area contributed by atoms with E-state index in [-0.39, 0.29) is 6.01 Å². The largest absolute Gasteiger partial charge is 0.402 e. The van der Waals surface area contributed by atoms with Crippen molar-refractivity contribution in [1.29, 1.82) is 0 Å². The molecule has 1 saturated heterocycles. The van der Waals surface area contributed by atoms with Crippen molar-refractivity contribution < 1.29 is 17.6 Å². The van der Waals surface area contributed by atoms with E-state index in [1.165, 1.54) is 15.6 Å². The second-order valence-corrected chi connectivity index (χ2v) is 7.79. The van der Waals surface area contributed by atoms with Gasteiger partial charge in [0.15, 0.2) is 0 Å². The fraction of sp³-hybridized carbons (Fsp3) is 0.417. The molecule has 2 aromatic rings. The molecule has 8 nitrogen and oxygen atoms in total. The highest BCUT2D eigenvalue weighted by Gasteiger charge is 2.36. The standard InChI is InChI=1S/C12H14N4O4S2/c1-22(18,19)16-6-2-4-8(16)10(17)13-12-15-14-11(20-12)9-5-3-7-21-9/h3,5,7-8H,2,4,6H2,1H3,(H,13,15,17). The maximum atomic E-state index is 12.2. The normalized spacial score (nSPS) is 19.4. The van der Waals surface area contributed by atoms with Crippen molar-refractivity contribution in [1.82, 2.24) is 14.5 Å². The van der Waals surface area contributed by atoms with E-state index in [9.17, 15) is 13.2 Å². The van der Waals surface area contributed by atoms with Crippen molar-refractivity contribution in [2.45, 2.75) is 18.9 Å². The van der Waals surface area contributed by atoms with Crippen LogP contribution in [-0.4, -0.2) is 47.7 Å². The Morgan fingerprint density at radius 2 is 2.32 bits per heavy atom. The molecule has 1 unspecified atom stereocenters. The van der Waals surface area contributed by atoms with Gasteiger partial charge in [0.2, 0.25) is 15.9 Å². The fourth-order valence-corrected chi connectivity index (χ4v) is 4.13. The number of thiophene rings is 1. The maximum Gasteiger partial charge on any atom is 0.322 e. The molecule has 0 aliphatic carbocycles. The second kappa shape index (κ2) is 5.78. The zero-order chi connectivity index (χ0) is 15.7. The van der Waals surface area contributed by atoms with E-state index in [4.69, 9.17) is 4.42 Å². The monoisotopic (exact) mass is 342 g/mol. The lowest BCUT2D eigenvalue weighted by atomic mass is 10.2. The number of nitrogens with zero attached hydrogens (tertiary/aromatic N) is 3. The van der Waals surface area contributed by atoms with Gasteiger partial charge in [-0.3, -0.25) is 10.1 Å². The van der Waals surface area contributed by atoms with Crippen LogP contribution in [-0.2, 0) is 14.8 Å². The van der Waals surface area contributed by atoms with E-state index in [0.29, 0.717) is 25.3 Å². The number of amides is 1. The first-order valence-electron chi connectivity index (χ1n) is 6.60. The van der Waals surface area contributed by atoms with Crippen LogP contribution >= 0.6 is 11.3 Å². The minimum absolute atomic E-state index is 0.0336. The van der Waals surface area contributed by atoms with E-state index in [1.54, 1.807) is 0 Å². The average Bonchev–Trinajstić information content (AvgIpc) is 3.19. The van der Waals surface area contributed by atoms with Crippen molar-refractivity contribution >= 4 is 33.3 Å². The van der Waals surface area contributed by atoms with Gasteiger partial charge >= 0.3 is 6.01 Å². The summed E-state index contributed by atoms with van der Waals surface area (Å²) in [7, 11) is -3.41. The first-order chi connectivity index (χ1) is 10.4. The molecule has 10 heteroatoms. The highest BCUT2D eigenvalue weighted by atomic mass is 32.2. The summed E-state index contributed by atoms with van der Waals surface area (Å²) in [6.07, 6.45) is 2.22. The Labute approximate surface area is 131 Å². The zero-order valence-corrected chi connectivity index (χ0v) is 13.4. The lowest BCUT2D eigenvalue weighted by molar-refractivity contribution is -0.119. The number of aromatic nitrogens is 2. The Morgan fingerprint density at radius 3 is 3.00 bits per heavy atom. The Bertz CT molecular complexity index is 769. The lowest BCUT2D eigenvalue weighted by Gasteiger charge is -2.20. The quantitative estimate of drug-likeness (QED) is 0.894. The molecule has 22 heavy (non-hydrogen) atoms. The molecular formula is C12H14N4O4S2. The van der Waals surface area contributed by atoms with Gasteiger partial charge in [0.1, 0.15) is 6.04 Å². The van der Waals surface area contributed by atoms with Crippen LogP contribution in [0.5, 0.6) is 0 Å². The van der Waals surface area contributed by atoms with Crippen molar-refractivity contribution in [3.63, 3.8) is 0 Å². The summed E-state index contributed by atoms with van der Waals surface area (Å²) in [6.45, 7) is 0.348. The molecule has 1 amide bonds. The first kappa shape index (κ1) is 15.1. The van der Waals surface area contributed by atoms with Crippen LogP contribution in [0.3, 0.4) is 0 Å².